The van der Waals surface area contributed by atoms with E-state index < -0.39 is 5.82 Å². The average molecular weight is 262 g/mol. The van der Waals surface area contributed by atoms with Gasteiger partial charge in [-0.05, 0) is 24.3 Å². The Morgan fingerprint density at radius 1 is 0.842 bits per heavy atom. The van der Waals surface area contributed by atoms with Gasteiger partial charge in [-0.3, -0.25) is 0 Å². The molecular formula is C14H15FN2O2. The van der Waals surface area contributed by atoms with E-state index in [0.717, 1.165) is 0 Å². The number of benzene rings is 2. The third-order valence-electron chi connectivity index (χ3n) is 2.49. The minimum absolute atomic E-state index is 0.252. The van der Waals surface area contributed by atoms with Crippen molar-refractivity contribution < 1.29 is 13.9 Å². The highest BCUT2D eigenvalue weighted by atomic mass is 19.1. The molecule has 2 aromatic rings. The molecule has 0 amide bonds. The summed E-state index contributed by atoms with van der Waals surface area (Å²) in [6, 6.07) is 11.2. The predicted molar refractivity (Wildman–Crippen MR) is 72.7 cm³/mol. The molecule has 0 radical (unpaired) electrons. The monoisotopic (exact) mass is 262 g/mol. The van der Waals surface area contributed by atoms with E-state index in [1.165, 1.54) is 18.2 Å². The molecule has 19 heavy (non-hydrogen) atoms. The van der Waals surface area contributed by atoms with Crippen LogP contribution < -0.4 is 20.9 Å². The van der Waals surface area contributed by atoms with E-state index in [9.17, 15) is 4.39 Å². The minimum Gasteiger partial charge on any atom is -0.488 e. The lowest BCUT2D eigenvalue weighted by atomic mass is 10.3. The summed E-state index contributed by atoms with van der Waals surface area (Å²) in [5.41, 5.74) is 12.3. The van der Waals surface area contributed by atoms with Crippen LogP contribution in [0.4, 0.5) is 15.8 Å². The lowest BCUT2D eigenvalue weighted by Gasteiger charge is -2.11. The first kappa shape index (κ1) is 13.0. The van der Waals surface area contributed by atoms with Crippen molar-refractivity contribution in [2.24, 2.45) is 0 Å². The van der Waals surface area contributed by atoms with Crippen molar-refractivity contribution >= 4 is 11.4 Å². The van der Waals surface area contributed by atoms with Crippen LogP contribution in [-0.2, 0) is 0 Å². The SMILES string of the molecule is Nc1ccccc1OCCOc1cc(F)ccc1N. The normalized spacial score (nSPS) is 10.2. The van der Waals surface area contributed by atoms with E-state index in [1.807, 2.05) is 12.1 Å². The van der Waals surface area contributed by atoms with Gasteiger partial charge in [0.1, 0.15) is 30.5 Å². The van der Waals surface area contributed by atoms with E-state index in [1.54, 1.807) is 12.1 Å². The van der Waals surface area contributed by atoms with Gasteiger partial charge in [-0.25, -0.2) is 4.39 Å². The number of rotatable bonds is 5. The van der Waals surface area contributed by atoms with Gasteiger partial charge in [-0.1, -0.05) is 12.1 Å². The fraction of sp³-hybridized carbons (Fsp3) is 0.143. The van der Waals surface area contributed by atoms with Crippen molar-refractivity contribution in [3.8, 4) is 11.5 Å². The predicted octanol–water partition coefficient (Wildman–Crippen LogP) is 2.45. The smallest absolute Gasteiger partial charge is 0.145 e. The topological polar surface area (TPSA) is 70.5 Å². The third kappa shape index (κ3) is 3.51. The second-order valence-corrected chi connectivity index (χ2v) is 3.92. The van der Waals surface area contributed by atoms with Gasteiger partial charge in [-0.15, -0.1) is 0 Å². The van der Waals surface area contributed by atoms with E-state index in [2.05, 4.69) is 0 Å². The van der Waals surface area contributed by atoms with Crippen molar-refractivity contribution in [3.05, 3.63) is 48.3 Å². The molecule has 5 heteroatoms. The highest BCUT2D eigenvalue weighted by Gasteiger charge is 2.03. The van der Waals surface area contributed by atoms with Crippen molar-refractivity contribution in [2.75, 3.05) is 24.7 Å². The number of ether oxygens (including phenoxy) is 2. The van der Waals surface area contributed by atoms with Crippen LogP contribution >= 0.6 is 0 Å². The number of para-hydroxylation sites is 2. The second kappa shape index (κ2) is 5.95. The molecule has 0 unspecified atom stereocenters. The standard InChI is InChI=1S/C14H15FN2O2/c15-10-5-6-12(17)14(9-10)19-8-7-18-13-4-2-1-3-11(13)16/h1-6,9H,7-8,16-17H2. The van der Waals surface area contributed by atoms with Gasteiger partial charge in [0.15, 0.2) is 0 Å². The molecule has 100 valence electrons. The highest BCUT2D eigenvalue weighted by Crippen LogP contribution is 2.22. The number of halogens is 1. The first-order valence-electron chi connectivity index (χ1n) is 5.82. The minimum atomic E-state index is -0.391. The molecule has 4 nitrogen and oxygen atoms in total. The zero-order valence-corrected chi connectivity index (χ0v) is 10.3. The fourth-order valence-electron chi connectivity index (χ4n) is 1.55. The van der Waals surface area contributed by atoms with Crippen LogP contribution in [-0.4, -0.2) is 13.2 Å². The molecule has 0 aliphatic carbocycles. The van der Waals surface area contributed by atoms with Gasteiger partial charge in [0.05, 0.1) is 11.4 Å². The fourth-order valence-corrected chi connectivity index (χ4v) is 1.55. The molecule has 0 saturated carbocycles. The molecule has 2 aromatic carbocycles. The zero-order valence-electron chi connectivity index (χ0n) is 10.3. The molecule has 0 saturated heterocycles. The summed E-state index contributed by atoms with van der Waals surface area (Å²) in [7, 11) is 0. The van der Waals surface area contributed by atoms with Gasteiger partial charge in [-0.2, -0.15) is 0 Å². The summed E-state index contributed by atoms with van der Waals surface area (Å²) >= 11 is 0. The average Bonchev–Trinajstić information content (AvgIpc) is 2.40. The molecule has 2 rings (SSSR count). The van der Waals surface area contributed by atoms with Crippen LogP contribution in [0.3, 0.4) is 0 Å². The Morgan fingerprint density at radius 3 is 2.21 bits per heavy atom. The molecule has 0 bridgehead atoms. The lowest BCUT2D eigenvalue weighted by molar-refractivity contribution is 0.218. The van der Waals surface area contributed by atoms with Crippen LogP contribution in [0, 0.1) is 5.82 Å². The van der Waals surface area contributed by atoms with Crippen molar-refractivity contribution in [1.82, 2.24) is 0 Å². The molecule has 0 fully saturated rings. The maximum absolute atomic E-state index is 13.0. The molecule has 0 aliphatic heterocycles. The molecular weight excluding hydrogens is 247 g/mol. The van der Waals surface area contributed by atoms with Crippen molar-refractivity contribution in [2.45, 2.75) is 0 Å². The number of hydrogen-bond donors (Lipinski definition) is 2. The summed E-state index contributed by atoms with van der Waals surface area (Å²) in [6.45, 7) is 0.548. The Hall–Kier alpha value is -2.43. The Kier molecular flexibility index (Phi) is 4.07. The van der Waals surface area contributed by atoms with Gasteiger partial charge >= 0.3 is 0 Å². The Labute approximate surface area is 110 Å². The van der Waals surface area contributed by atoms with E-state index in [4.69, 9.17) is 20.9 Å². The Balaban J connectivity index is 1.84. The van der Waals surface area contributed by atoms with Gasteiger partial charge in [0.2, 0.25) is 0 Å². The number of anilines is 2. The zero-order chi connectivity index (χ0) is 13.7. The Morgan fingerprint density at radius 2 is 1.47 bits per heavy atom. The quantitative estimate of drug-likeness (QED) is 0.641. The third-order valence-corrected chi connectivity index (χ3v) is 2.49. The summed E-state index contributed by atoms with van der Waals surface area (Å²) in [5, 5.41) is 0. The molecule has 0 aliphatic rings. The molecule has 0 spiro atoms. The van der Waals surface area contributed by atoms with Gasteiger partial charge < -0.3 is 20.9 Å². The number of nitrogens with two attached hydrogens (primary N) is 2. The lowest BCUT2D eigenvalue weighted by Crippen LogP contribution is -2.10. The van der Waals surface area contributed by atoms with E-state index >= 15 is 0 Å². The molecule has 0 heterocycles. The number of nitrogen functional groups attached to an aromatic ring is 2. The summed E-state index contributed by atoms with van der Waals surface area (Å²) in [4.78, 5) is 0. The van der Waals surface area contributed by atoms with E-state index in [0.29, 0.717) is 29.5 Å². The van der Waals surface area contributed by atoms with Crippen molar-refractivity contribution in [3.63, 3.8) is 0 Å². The summed E-state index contributed by atoms with van der Waals surface area (Å²) in [5.74, 6) is 0.514. The van der Waals surface area contributed by atoms with Gasteiger partial charge in [0.25, 0.3) is 0 Å². The van der Waals surface area contributed by atoms with Crippen LogP contribution in [0.5, 0.6) is 11.5 Å². The molecule has 4 N–H and O–H groups in total. The maximum Gasteiger partial charge on any atom is 0.145 e. The molecule has 0 atom stereocenters. The Bertz CT molecular complexity index is 561. The van der Waals surface area contributed by atoms with Crippen molar-refractivity contribution in [1.29, 1.82) is 0 Å². The summed E-state index contributed by atoms with van der Waals surface area (Å²) < 4.78 is 23.8. The molecule has 0 aromatic heterocycles. The summed E-state index contributed by atoms with van der Waals surface area (Å²) in [6.07, 6.45) is 0. The van der Waals surface area contributed by atoms with E-state index in [-0.39, 0.29) is 6.61 Å². The van der Waals surface area contributed by atoms with Crippen LogP contribution in [0.15, 0.2) is 42.5 Å². The van der Waals surface area contributed by atoms with Gasteiger partial charge in [0, 0.05) is 6.07 Å². The largest absolute Gasteiger partial charge is 0.488 e. The van der Waals surface area contributed by atoms with Crippen LogP contribution in [0.1, 0.15) is 0 Å². The first-order valence-corrected chi connectivity index (χ1v) is 5.82. The van der Waals surface area contributed by atoms with Crippen LogP contribution in [0.25, 0.3) is 0 Å². The maximum atomic E-state index is 13.0. The first-order chi connectivity index (χ1) is 9.16. The second-order valence-electron chi connectivity index (χ2n) is 3.92. The number of hydrogen-bond acceptors (Lipinski definition) is 4. The highest BCUT2D eigenvalue weighted by molar-refractivity contribution is 5.52. The van der Waals surface area contributed by atoms with Crippen LogP contribution in [0.2, 0.25) is 0 Å².